The van der Waals surface area contributed by atoms with Crippen LogP contribution in [0.3, 0.4) is 0 Å². The Morgan fingerprint density at radius 1 is 1.24 bits per heavy atom. The molecule has 21 heavy (non-hydrogen) atoms. The summed E-state index contributed by atoms with van der Waals surface area (Å²) < 4.78 is 31.1. The van der Waals surface area contributed by atoms with E-state index in [-0.39, 0.29) is 21.9 Å². The molecule has 0 aliphatic carbocycles. The summed E-state index contributed by atoms with van der Waals surface area (Å²) in [4.78, 5) is 11.8. The minimum Gasteiger partial charge on any atom is -0.484 e. The predicted molar refractivity (Wildman–Crippen MR) is 72.4 cm³/mol. The van der Waals surface area contributed by atoms with Crippen LogP contribution in [0, 0.1) is 23.0 Å². The Morgan fingerprint density at radius 2 is 2.00 bits per heavy atom. The van der Waals surface area contributed by atoms with E-state index in [4.69, 9.17) is 21.6 Å². The first-order chi connectivity index (χ1) is 10.0. The molecule has 6 heteroatoms. The van der Waals surface area contributed by atoms with Crippen molar-refractivity contribution in [2.24, 2.45) is 0 Å². The molecule has 0 aliphatic heterocycles. The zero-order valence-corrected chi connectivity index (χ0v) is 11.3. The lowest BCUT2D eigenvalue weighted by atomic mass is 10.1. The van der Waals surface area contributed by atoms with Crippen LogP contribution >= 0.6 is 11.6 Å². The van der Waals surface area contributed by atoms with Gasteiger partial charge < -0.3 is 4.74 Å². The van der Waals surface area contributed by atoms with E-state index in [1.807, 2.05) is 6.07 Å². The maximum Gasteiger partial charge on any atom is 0.200 e. The number of Topliss-reactive ketones (excluding diaryl/α,β-unsaturated/α-hetero) is 1. The second-order valence-electron chi connectivity index (χ2n) is 4.07. The van der Waals surface area contributed by atoms with Gasteiger partial charge in [0.15, 0.2) is 24.0 Å². The van der Waals surface area contributed by atoms with E-state index in [2.05, 4.69) is 0 Å². The fourth-order valence-corrected chi connectivity index (χ4v) is 1.84. The van der Waals surface area contributed by atoms with Crippen molar-refractivity contribution in [1.82, 2.24) is 0 Å². The molecule has 0 saturated heterocycles. The van der Waals surface area contributed by atoms with Crippen LogP contribution in [0.15, 0.2) is 36.4 Å². The molecule has 0 spiro atoms. The number of ketones is 1. The summed E-state index contributed by atoms with van der Waals surface area (Å²) in [7, 11) is 0. The summed E-state index contributed by atoms with van der Waals surface area (Å²) in [6.07, 6.45) is 0. The molecule has 106 valence electrons. The Kier molecular flexibility index (Phi) is 4.51. The first-order valence-electron chi connectivity index (χ1n) is 5.82. The van der Waals surface area contributed by atoms with E-state index in [9.17, 15) is 13.6 Å². The zero-order valence-electron chi connectivity index (χ0n) is 10.6. The fourth-order valence-electron chi connectivity index (χ4n) is 1.63. The van der Waals surface area contributed by atoms with Gasteiger partial charge in [-0.25, -0.2) is 8.78 Å². The van der Waals surface area contributed by atoms with Crippen LogP contribution in [0.25, 0.3) is 0 Å². The molecule has 2 aromatic rings. The summed E-state index contributed by atoms with van der Waals surface area (Å²) in [5.41, 5.74) is 0.0895. The minimum absolute atomic E-state index is 0.0190. The highest BCUT2D eigenvalue weighted by molar-refractivity contribution is 6.31. The minimum atomic E-state index is -1.11. The molecule has 0 amide bonds. The number of hydrogen-bond donors (Lipinski definition) is 0. The lowest BCUT2D eigenvalue weighted by molar-refractivity contribution is 0.0921. The lowest BCUT2D eigenvalue weighted by Crippen LogP contribution is -2.12. The molecule has 0 heterocycles. The first-order valence-corrected chi connectivity index (χ1v) is 6.20. The summed E-state index contributed by atoms with van der Waals surface area (Å²) in [6, 6.07) is 9.26. The summed E-state index contributed by atoms with van der Waals surface area (Å²) in [6.45, 7) is -0.417. The molecular formula is C15H8ClF2NO2. The molecule has 3 nitrogen and oxygen atoms in total. The number of ether oxygens (including phenoxy) is 1. The van der Waals surface area contributed by atoms with Gasteiger partial charge >= 0.3 is 0 Å². The van der Waals surface area contributed by atoms with Crippen molar-refractivity contribution in [2.75, 3.05) is 6.61 Å². The van der Waals surface area contributed by atoms with Gasteiger partial charge in [0.2, 0.25) is 0 Å². The number of carbonyl (C=O) groups excluding carboxylic acids is 1. The molecule has 2 aromatic carbocycles. The van der Waals surface area contributed by atoms with Gasteiger partial charge in [0.1, 0.15) is 17.4 Å². The Balaban J connectivity index is 2.13. The molecule has 0 aromatic heterocycles. The standard InChI is InChI=1S/C15H8ClF2NO2/c16-11-2-1-3-15(10(11)7-19)21-8-14(20)9-4-5-12(17)13(18)6-9/h1-6H,8H2. The van der Waals surface area contributed by atoms with Crippen LogP contribution in [0.1, 0.15) is 15.9 Å². The van der Waals surface area contributed by atoms with Crippen molar-refractivity contribution in [1.29, 1.82) is 5.26 Å². The number of nitriles is 1. The van der Waals surface area contributed by atoms with E-state index in [1.54, 1.807) is 6.07 Å². The first kappa shape index (κ1) is 14.9. The molecular weight excluding hydrogens is 300 g/mol. The third kappa shape index (κ3) is 3.36. The lowest BCUT2D eigenvalue weighted by Gasteiger charge is -2.08. The monoisotopic (exact) mass is 307 g/mol. The highest BCUT2D eigenvalue weighted by Gasteiger charge is 2.13. The fraction of sp³-hybridized carbons (Fsp3) is 0.0667. The summed E-state index contributed by atoms with van der Waals surface area (Å²) >= 11 is 5.82. The molecule has 0 unspecified atom stereocenters. The third-order valence-corrected chi connectivity index (χ3v) is 3.00. The Morgan fingerprint density at radius 3 is 2.67 bits per heavy atom. The van der Waals surface area contributed by atoms with Crippen molar-refractivity contribution in [3.05, 3.63) is 64.2 Å². The van der Waals surface area contributed by atoms with Crippen LogP contribution in [0.4, 0.5) is 8.78 Å². The number of halogens is 3. The number of rotatable bonds is 4. The Hall–Kier alpha value is -2.45. The number of benzene rings is 2. The normalized spacial score (nSPS) is 10.0. The third-order valence-electron chi connectivity index (χ3n) is 2.69. The molecule has 0 atom stereocenters. The Labute approximate surface area is 124 Å². The van der Waals surface area contributed by atoms with Gasteiger partial charge in [-0.05, 0) is 30.3 Å². The average molecular weight is 308 g/mol. The van der Waals surface area contributed by atoms with E-state index in [0.717, 1.165) is 18.2 Å². The van der Waals surface area contributed by atoms with Crippen molar-refractivity contribution in [3.63, 3.8) is 0 Å². The van der Waals surface area contributed by atoms with Gasteiger partial charge in [-0.15, -0.1) is 0 Å². The zero-order chi connectivity index (χ0) is 15.4. The summed E-state index contributed by atoms with van der Waals surface area (Å²) in [5.74, 6) is -2.53. The van der Waals surface area contributed by atoms with E-state index < -0.39 is 24.0 Å². The maximum absolute atomic E-state index is 13.0. The van der Waals surface area contributed by atoms with Crippen molar-refractivity contribution < 1.29 is 18.3 Å². The van der Waals surface area contributed by atoms with Gasteiger partial charge in [-0.1, -0.05) is 17.7 Å². The summed E-state index contributed by atoms with van der Waals surface area (Å²) in [5, 5.41) is 9.16. The van der Waals surface area contributed by atoms with Gasteiger partial charge in [-0.2, -0.15) is 5.26 Å². The van der Waals surface area contributed by atoms with E-state index >= 15 is 0 Å². The van der Waals surface area contributed by atoms with Crippen LogP contribution < -0.4 is 4.74 Å². The van der Waals surface area contributed by atoms with Crippen molar-refractivity contribution >= 4 is 17.4 Å². The van der Waals surface area contributed by atoms with Crippen molar-refractivity contribution in [3.8, 4) is 11.8 Å². The van der Waals surface area contributed by atoms with E-state index in [0.29, 0.717) is 0 Å². The van der Waals surface area contributed by atoms with Crippen molar-refractivity contribution in [2.45, 2.75) is 0 Å². The molecule has 0 radical (unpaired) electrons. The van der Waals surface area contributed by atoms with Crippen LogP contribution in [-0.2, 0) is 0 Å². The largest absolute Gasteiger partial charge is 0.484 e. The number of carbonyl (C=O) groups is 1. The topological polar surface area (TPSA) is 50.1 Å². The smallest absolute Gasteiger partial charge is 0.200 e. The Bertz CT molecular complexity index is 741. The SMILES string of the molecule is N#Cc1c(Cl)cccc1OCC(=O)c1ccc(F)c(F)c1. The molecule has 2 rings (SSSR count). The second kappa shape index (κ2) is 6.33. The highest BCUT2D eigenvalue weighted by Crippen LogP contribution is 2.25. The molecule has 0 saturated carbocycles. The highest BCUT2D eigenvalue weighted by atomic mass is 35.5. The maximum atomic E-state index is 13.0. The average Bonchev–Trinajstić information content (AvgIpc) is 2.47. The number of hydrogen-bond acceptors (Lipinski definition) is 3. The van der Waals surface area contributed by atoms with Crippen LogP contribution in [0.2, 0.25) is 5.02 Å². The number of nitrogens with zero attached hydrogens (tertiary/aromatic N) is 1. The molecule has 0 N–H and O–H groups in total. The predicted octanol–water partition coefficient (Wildman–Crippen LogP) is 3.75. The van der Waals surface area contributed by atoms with Gasteiger partial charge in [0.25, 0.3) is 0 Å². The molecule has 0 aliphatic rings. The van der Waals surface area contributed by atoms with Gasteiger partial charge in [-0.3, -0.25) is 4.79 Å². The second-order valence-corrected chi connectivity index (χ2v) is 4.47. The molecule has 0 bridgehead atoms. The quantitative estimate of drug-likeness (QED) is 0.808. The van der Waals surface area contributed by atoms with Crippen LogP contribution in [0.5, 0.6) is 5.75 Å². The van der Waals surface area contributed by atoms with Gasteiger partial charge in [0, 0.05) is 5.56 Å². The van der Waals surface area contributed by atoms with E-state index in [1.165, 1.54) is 12.1 Å². The molecule has 0 fully saturated rings. The van der Waals surface area contributed by atoms with Crippen LogP contribution in [-0.4, -0.2) is 12.4 Å². The van der Waals surface area contributed by atoms with Gasteiger partial charge in [0.05, 0.1) is 5.02 Å².